The third-order valence-electron chi connectivity index (χ3n) is 5.83. The highest BCUT2D eigenvalue weighted by Gasteiger charge is 2.31. The molecule has 2 heterocycles. The average molecular weight is 484 g/mol. The van der Waals surface area contributed by atoms with Crippen LogP contribution in [0.4, 0.5) is 11.4 Å². The van der Waals surface area contributed by atoms with E-state index in [1.807, 2.05) is 24.3 Å². The minimum absolute atomic E-state index is 0.128. The standard InChI is InChI=1S/C21H26ClN3O4S2/c1-17-15-20(25-9-2-3-14-30(25,26)27)7-8-21(17)31(28,29)24-12-10-23(11-13-24)19-6-4-5-18(22)16-19/h4-8,15-16H,2-3,9-14H2,1H3. The molecule has 2 saturated heterocycles. The molecule has 0 amide bonds. The highest BCUT2D eigenvalue weighted by molar-refractivity contribution is 7.92. The quantitative estimate of drug-likeness (QED) is 0.667. The van der Waals surface area contributed by atoms with Gasteiger partial charge in [0.15, 0.2) is 0 Å². The van der Waals surface area contributed by atoms with Gasteiger partial charge in [0.2, 0.25) is 20.0 Å². The largest absolute Gasteiger partial charge is 0.369 e. The molecule has 2 fully saturated rings. The Labute approximate surface area is 189 Å². The molecular weight excluding hydrogens is 458 g/mol. The van der Waals surface area contributed by atoms with E-state index >= 15 is 0 Å². The molecule has 2 aliphatic rings. The number of benzene rings is 2. The monoisotopic (exact) mass is 483 g/mol. The summed E-state index contributed by atoms with van der Waals surface area (Å²) in [7, 11) is -7.01. The second kappa shape index (κ2) is 8.61. The van der Waals surface area contributed by atoms with Gasteiger partial charge in [0, 0.05) is 43.4 Å². The minimum atomic E-state index is -3.67. The summed E-state index contributed by atoms with van der Waals surface area (Å²) in [4.78, 5) is 2.34. The fourth-order valence-electron chi connectivity index (χ4n) is 4.16. The van der Waals surface area contributed by atoms with Crippen LogP contribution in [-0.2, 0) is 20.0 Å². The van der Waals surface area contributed by atoms with Gasteiger partial charge in [-0.3, -0.25) is 4.31 Å². The van der Waals surface area contributed by atoms with Crippen LogP contribution < -0.4 is 9.21 Å². The first-order valence-electron chi connectivity index (χ1n) is 10.3. The molecule has 0 bridgehead atoms. The minimum Gasteiger partial charge on any atom is -0.369 e. The Morgan fingerprint density at radius 3 is 2.29 bits per heavy atom. The van der Waals surface area contributed by atoms with Crippen LogP contribution in [0.2, 0.25) is 5.02 Å². The van der Waals surface area contributed by atoms with E-state index in [9.17, 15) is 16.8 Å². The lowest BCUT2D eigenvalue weighted by molar-refractivity contribution is 0.384. The summed E-state index contributed by atoms with van der Waals surface area (Å²) in [5.41, 5.74) is 2.06. The van der Waals surface area contributed by atoms with Crippen LogP contribution in [0.5, 0.6) is 0 Å². The van der Waals surface area contributed by atoms with E-state index in [4.69, 9.17) is 11.6 Å². The maximum absolute atomic E-state index is 13.3. The lowest BCUT2D eigenvalue weighted by Gasteiger charge is -2.35. The first-order valence-corrected chi connectivity index (χ1v) is 13.7. The summed E-state index contributed by atoms with van der Waals surface area (Å²) >= 11 is 6.08. The number of piperazine rings is 1. The summed E-state index contributed by atoms with van der Waals surface area (Å²) in [6.07, 6.45) is 1.46. The molecule has 7 nitrogen and oxygen atoms in total. The number of hydrogen-bond donors (Lipinski definition) is 0. The van der Waals surface area contributed by atoms with Gasteiger partial charge in [0.05, 0.1) is 16.3 Å². The highest BCUT2D eigenvalue weighted by atomic mass is 35.5. The summed E-state index contributed by atoms with van der Waals surface area (Å²) < 4.78 is 54.2. The Morgan fingerprint density at radius 1 is 0.903 bits per heavy atom. The number of anilines is 2. The average Bonchev–Trinajstić information content (AvgIpc) is 2.73. The zero-order valence-corrected chi connectivity index (χ0v) is 19.8. The number of rotatable bonds is 4. The summed E-state index contributed by atoms with van der Waals surface area (Å²) in [5.74, 6) is 0.128. The normalized spacial score (nSPS) is 20.1. The molecular formula is C21H26ClN3O4S2. The van der Waals surface area contributed by atoms with E-state index < -0.39 is 20.0 Å². The fraction of sp³-hybridized carbons (Fsp3) is 0.429. The molecule has 0 atom stereocenters. The third kappa shape index (κ3) is 4.55. The van der Waals surface area contributed by atoms with Crippen LogP contribution in [0.1, 0.15) is 18.4 Å². The second-order valence-corrected chi connectivity index (χ2v) is 12.3. The number of hydrogen-bond acceptors (Lipinski definition) is 5. The number of aryl methyl sites for hydroxylation is 1. The Hall–Kier alpha value is -1.81. The Bertz CT molecular complexity index is 1180. The van der Waals surface area contributed by atoms with Crippen LogP contribution in [0.25, 0.3) is 0 Å². The van der Waals surface area contributed by atoms with Gasteiger partial charge in [-0.1, -0.05) is 17.7 Å². The number of halogens is 1. The highest BCUT2D eigenvalue weighted by Crippen LogP contribution is 2.29. The predicted octanol–water partition coefficient (Wildman–Crippen LogP) is 3.09. The lowest BCUT2D eigenvalue weighted by Crippen LogP contribution is -2.48. The molecule has 0 N–H and O–H groups in total. The van der Waals surface area contributed by atoms with E-state index in [1.54, 1.807) is 19.1 Å². The molecule has 4 rings (SSSR count). The van der Waals surface area contributed by atoms with E-state index in [0.717, 1.165) is 12.1 Å². The molecule has 2 aromatic rings. The Balaban J connectivity index is 1.51. The first-order chi connectivity index (χ1) is 14.7. The van der Waals surface area contributed by atoms with Gasteiger partial charge in [-0.2, -0.15) is 4.31 Å². The van der Waals surface area contributed by atoms with Crippen molar-refractivity contribution in [2.24, 2.45) is 0 Å². The molecule has 0 aliphatic carbocycles. The van der Waals surface area contributed by atoms with Crippen molar-refractivity contribution in [1.82, 2.24) is 4.31 Å². The molecule has 31 heavy (non-hydrogen) atoms. The summed E-state index contributed by atoms with van der Waals surface area (Å²) in [6.45, 7) is 4.03. The van der Waals surface area contributed by atoms with E-state index in [1.165, 1.54) is 14.7 Å². The third-order valence-corrected chi connectivity index (χ3v) is 9.99. The van der Waals surface area contributed by atoms with Crippen molar-refractivity contribution in [2.75, 3.05) is 47.7 Å². The van der Waals surface area contributed by atoms with E-state index in [2.05, 4.69) is 4.90 Å². The molecule has 0 aromatic heterocycles. The maximum Gasteiger partial charge on any atom is 0.243 e. The van der Waals surface area contributed by atoms with Crippen molar-refractivity contribution < 1.29 is 16.8 Å². The fourth-order valence-corrected chi connectivity index (χ4v) is 7.60. The van der Waals surface area contributed by atoms with Crippen LogP contribution in [-0.4, -0.2) is 59.6 Å². The van der Waals surface area contributed by atoms with Crippen molar-refractivity contribution in [3.8, 4) is 0 Å². The molecule has 10 heteroatoms. The van der Waals surface area contributed by atoms with Crippen molar-refractivity contribution in [1.29, 1.82) is 0 Å². The zero-order chi connectivity index (χ0) is 22.2. The van der Waals surface area contributed by atoms with Gasteiger partial charge in [-0.15, -0.1) is 0 Å². The smallest absolute Gasteiger partial charge is 0.243 e. The van der Waals surface area contributed by atoms with Gasteiger partial charge in [0.25, 0.3) is 0 Å². The topological polar surface area (TPSA) is 78.0 Å². The summed E-state index contributed by atoms with van der Waals surface area (Å²) in [6, 6.07) is 12.3. The molecule has 0 spiro atoms. The molecule has 0 saturated carbocycles. The zero-order valence-electron chi connectivity index (χ0n) is 17.4. The van der Waals surface area contributed by atoms with Crippen molar-refractivity contribution >= 4 is 43.0 Å². The first kappa shape index (κ1) is 22.4. The Morgan fingerprint density at radius 2 is 1.65 bits per heavy atom. The Kier molecular flexibility index (Phi) is 6.22. The lowest BCUT2D eigenvalue weighted by atomic mass is 10.2. The molecule has 0 radical (unpaired) electrons. The molecule has 0 unspecified atom stereocenters. The van der Waals surface area contributed by atoms with Gasteiger partial charge in [0.1, 0.15) is 0 Å². The van der Waals surface area contributed by atoms with Crippen LogP contribution in [0.15, 0.2) is 47.4 Å². The van der Waals surface area contributed by atoms with Gasteiger partial charge in [-0.25, -0.2) is 16.8 Å². The van der Waals surface area contributed by atoms with Gasteiger partial charge in [-0.05, 0) is 61.7 Å². The van der Waals surface area contributed by atoms with E-state index in [0.29, 0.717) is 55.4 Å². The summed E-state index contributed by atoms with van der Waals surface area (Å²) in [5, 5.41) is 0.652. The van der Waals surface area contributed by atoms with Gasteiger partial charge < -0.3 is 4.90 Å². The SMILES string of the molecule is Cc1cc(N2CCCCS2(=O)=O)ccc1S(=O)(=O)N1CCN(c2cccc(Cl)c2)CC1. The number of nitrogens with zero attached hydrogens (tertiary/aromatic N) is 3. The van der Waals surface area contributed by atoms with Crippen molar-refractivity contribution in [2.45, 2.75) is 24.7 Å². The van der Waals surface area contributed by atoms with Crippen molar-refractivity contribution in [3.05, 3.63) is 53.1 Å². The second-order valence-electron chi connectivity index (χ2n) is 7.92. The van der Waals surface area contributed by atoms with E-state index in [-0.39, 0.29) is 10.6 Å². The molecule has 2 aromatic carbocycles. The maximum atomic E-state index is 13.3. The predicted molar refractivity (Wildman–Crippen MR) is 124 cm³/mol. The molecule has 2 aliphatic heterocycles. The van der Waals surface area contributed by atoms with Crippen molar-refractivity contribution in [3.63, 3.8) is 0 Å². The molecule has 168 valence electrons. The van der Waals surface area contributed by atoms with Crippen LogP contribution in [0.3, 0.4) is 0 Å². The number of sulfonamides is 2. The van der Waals surface area contributed by atoms with Gasteiger partial charge >= 0.3 is 0 Å². The van der Waals surface area contributed by atoms with Crippen LogP contribution >= 0.6 is 11.6 Å². The van der Waals surface area contributed by atoms with Crippen LogP contribution in [0, 0.1) is 6.92 Å².